The first-order valence-corrected chi connectivity index (χ1v) is 13.6. The van der Waals surface area contributed by atoms with Crippen LogP contribution in [0.25, 0.3) is 0 Å². The number of fused-ring (bicyclic) bond motifs is 1. The predicted octanol–water partition coefficient (Wildman–Crippen LogP) is 0.226. The summed E-state index contributed by atoms with van der Waals surface area (Å²) in [6, 6.07) is 2.51. The first kappa shape index (κ1) is 32.6. The van der Waals surface area contributed by atoms with E-state index in [1.54, 1.807) is 13.1 Å². The maximum atomic E-state index is 12.9. The number of tetrazole rings is 1. The number of phenolic OH excluding ortho intramolecular Hbond substituents is 1. The molecule has 1 fully saturated rings. The van der Waals surface area contributed by atoms with Gasteiger partial charge in [-0.25, -0.2) is 14.3 Å². The lowest BCUT2D eigenvalue weighted by atomic mass is 10.0. The van der Waals surface area contributed by atoms with Crippen LogP contribution in [0.2, 0.25) is 0 Å². The number of methoxy groups -OCH3 is 1. The third kappa shape index (κ3) is 7.30. The minimum absolute atomic E-state index is 0.0176. The number of carboxylic acid groups (broad SMARTS) is 2. The normalized spacial score (nSPS) is 18.8. The van der Waals surface area contributed by atoms with Crippen molar-refractivity contribution in [3.63, 3.8) is 0 Å². The molecule has 15 nitrogen and oxygen atoms in total. The molecule has 4 rings (SSSR count). The maximum absolute atomic E-state index is 12.9. The van der Waals surface area contributed by atoms with Crippen LogP contribution < -0.4 is 11.1 Å². The Kier molecular flexibility index (Phi) is 10.4. The van der Waals surface area contributed by atoms with Crippen LogP contribution in [0.3, 0.4) is 0 Å². The number of nitrogens with zero attached hydrogens (tertiary/aromatic N) is 5. The summed E-state index contributed by atoms with van der Waals surface area (Å²) in [4.78, 5) is 47.8. The maximum Gasteiger partial charge on any atom is 0.490 e. The molecule has 42 heavy (non-hydrogen) atoms. The monoisotopic (exact) mass is 635 g/mol. The van der Waals surface area contributed by atoms with E-state index in [0.29, 0.717) is 33.4 Å². The molecule has 0 aliphatic carbocycles. The number of aryl methyl sites for hydroxylation is 1. The molecule has 1 saturated heterocycles. The average Bonchev–Trinajstić information content (AvgIpc) is 3.34. The fraction of sp³-hybridized carbons (Fsp3) is 0.409. The topological polar surface area (TPSA) is 223 Å². The number of halogens is 3. The number of β-lactam (4-membered cyclic amide) rings is 1. The van der Waals surface area contributed by atoms with Gasteiger partial charge in [-0.1, -0.05) is 17.8 Å². The van der Waals surface area contributed by atoms with E-state index in [1.807, 2.05) is 0 Å². The van der Waals surface area contributed by atoms with E-state index in [9.17, 15) is 37.8 Å². The number of carboxylic acids is 2. The summed E-state index contributed by atoms with van der Waals surface area (Å²) in [5, 5.41) is 40.6. The number of phenols is 1. The summed E-state index contributed by atoms with van der Waals surface area (Å²) in [6.45, 7) is 0.140. The molecule has 2 amide bonds. The number of aromatic nitrogens is 4. The molecular formula is C22H24F3N7O8S2. The largest absolute Gasteiger partial charge is 0.508 e. The van der Waals surface area contributed by atoms with Crippen molar-refractivity contribution in [3.8, 4) is 5.75 Å². The fourth-order valence-corrected chi connectivity index (χ4v) is 6.09. The molecule has 20 heteroatoms. The van der Waals surface area contributed by atoms with Crippen LogP contribution in [0.15, 0.2) is 34.6 Å². The summed E-state index contributed by atoms with van der Waals surface area (Å²) >= 11 is 2.63. The van der Waals surface area contributed by atoms with Crippen LogP contribution in [0.4, 0.5) is 13.2 Å². The van der Waals surface area contributed by atoms with Crippen molar-refractivity contribution in [1.82, 2.24) is 30.4 Å². The number of ether oxygens (including phenoxy) is 1. The Bertz CT molecular complexity index is 1400. The number of carbonyl (C=O) groups excluding carboxylic acids is 2. The van der Waals surface area contributed by atoms with E-state index in [1.165, 1.54) is 52.3 Å². The Morgan fingerprint density at radius 3 is 2.52 bits per heavy atom. The van der Waals surface area contributed by atoms with Crippen molar-refractivity contribution in [2.45, 2.75) is 35.4 Å². The lowest BCUT2D eigenvalue weighted by molar-refractivity contribution is -0.192. The zero-order chi connectivity index (χ0) is 31.4. The Balaban J connectivity index is 0.000000616. The van der Waals surface area contributed by atoms with Gasteiger partial charge in [0.15, 0.2) is 0 Å². The van der Waals surface area contributed by atoms with Gasteiger partial charge in [-0.3, -0.25) is 14.5 Å². The number of amides is 2. The summed E-state index contributed by atoms with van der Waals surface area (Å²) in [5.41, 5.74) is 7.49. The molecule has 3 heterocycles. The van der Waals surface area contributed by atoms with Crippen molar-refractivity contribution in [3.05, 3.63) is 40.6 Å². The number of nitrogens with two attached hydrogens (primary N) is 1. The van der Waals surface area contributed by atoms with Crippen molar-refractivity contribution < 1.29 is 52.4 Å². The van der Waals surface area contributed by atoms with Crippen LogP contribution in [0.1, 0.15) is 17.2 Å². The fourth-order valence-electron chi connectivity index (χ4n) is 3.75. The number of carbonyl (C=O) groups is 4. The van der Waals surface area contributed by atoms with Crippen LogP contribution >= 0.6 is 23.5 Å². The van der Waals surface area contributed by atoms with Crippen LogP contribution in [-0.4, -0.2) is 100 Å². The van der Waals surface area contributed by atoms with Gasteiger partial charge in [-0.2, -0.15) is 13.2 Å². The molecule has 0 spiro atoms. The molecular weight excluding hydrogens is 611 g/mol. The lowest BCUT2D eigenvalue weighted by Crippen LogP contribution is -2.71. The van der Waals surface area contributed by atoms with Gasteiger partial charge in [-0.05, 0) is 33.7 Å². The Labute approximate surface area is 243 Å². The second-order valence-corrected chi connectivity index (χ2v) is 10.7. The first-order valence-electron chi connectivity index (χ1n) is 11.6. The van der Waals surface area contributed by atoms with E-state index in [0.717, 1.165) is 0 Å². The summed E-state index contributed by atoms with van der Waals surface area (Å²) < 4.78 is 38.2. The number of aromatic hydroxyl groups is 1. The van der Waals surface area contributed by atoms with Gasteiger partial charge in [0.1, 0.15) is 28.9 Å². The minimum atomic E-state index is -5.08. The van der Waals surface area contributed by atoms with E-state index < -0.39 is 47.4 Å². The molecule has 0 bridgehead atoms. The van der Waals surface area contributed by atoms with E-state index in [-0.39, 0.29) is 18.1 Å². The van der Waals surface area contributed by atoms with Gasteiger partial charge in [0.05, 0.1) is 6.61 Å². The van der Waals surface area contributed by atoms with Gasteiger partial charge >= 0.3 is 18.1 Å². The highest BCUT2D eigenvalue weighted by atomic mass is 32.2. The van der Waals surface area contributed by atoms with Crippen molar-refractivity contribution in [1.29, 1.82) is 0 Å². The van der Waals surface area contributed by atoms with Crippen molar-refractivity contribution in [2.24, 2.45) is 12.8 Å². The smallest absolute Gasteiger partial charge is 0.490 e. The van der Waals surface area contributed by atoms with E-state index >= 15 is 0 Å². The lowest BCUT2D eigenvalue weighted by Gasteiger charge is -2.49. The molecule has 228 valence electrons. The standard InChI is InChI=1S/C20H23N7O6S2.C2HF3O2/c1-26-20(23-24-25-26)35-8-11-7-34-18-14(17(30)27(18)15(11)19(31)32)22-16(29)13(21)9-3-4-12(28)10(5-9)6-33-2;3-2(4,5)1(6)7/h3-5,13-14,18,28H,6-8,21H2,1-2H3,(H,22,29)(H,31,32);(H,6,7). The predicted molar refractivity (Wildman–Crippen MR) is 139 cm³/mol. The van der Waals surface area contributed by atoms with Crippen molar-refractivity contribution in [2.75, 3.05) is 18.6 Å². The highest BCUT2D eigenvalue weighted by Crippen LogP contribution is 2.41. The van der Waals surface area contributed by atoms with Crippen LogP contribution in [0, 0.1) is 0 Å². The quantitative estimate of drug-likeness (QED) is 0.184. The van der Waals surface area contributed by atoms with Gasteiger partial charge in [0, 0.05) is 31.2 Å². The van der Waals surface area contributed by atoms with E-state index in [4.69, 9.17) is 20.4 Å². The minimum Gasteiger partial charge on any atom is -0.508 e. The molecule has 2 aliphatic rings. The molecule has 3 unspecified atom stereocenters. The highest BCUT2D eigenvalue weighted by molar-refractivity contribution is 8.01. The average molecular weight is 636 g/mol. The summed E-state index contributed by atoms with van der Waals surface area (Å²) in [7, 11) is 3.15. The van der Waals surface area contributed by atoms with Crippen molar-refractivity contribution >= 4 is 47.3 Å². The summed E-state index contributed by atoms with van der Waals surface area (Å²) in [6.07, 6.45) is -5.08. The molecule has 0 saturated carbocycles. The van der Waals surface area contributed by atoms with Gasteiger partial charge in [0.2, 0.25) is 11.1 Å². The number of alkyl halides is 3. The molecule has 1 aromatic carbocycles. The Hall–Kier alpha value is -3.88. The number of rotatable bonds is 9. The van der Waals surface area contributed by atoms with Gasteiger partial charge in [0.25, 0.3) is 5.91 Å². The Morgan fingerprint density at radius 2 is 1.98 bits per heavy atom. The van der Waals surface area contributed by atoms with Gasteiger partial charge in [-0.15, -0.1) is 16.9 Å². The van der Waals surface area contributed by atoms with Crippen LogP contribution in [0.5, 0.6) is 5.75 Å². The zero-order valence-corrected chi connectivity index (χ0v) is 23.4. The third-order valence-corrected chi connectivity index (χ3v) is 8.23. The molecule has 2 aliphatic heterocycles. The second kappa shape index (κ2) is 13.4. The molecule has 6 N–H and O–H groups in total. The number of benzene rings is 1. The number of hydrogen-bond donors (Lipinski definition) is 5. The first-order chi connectivity index (χ1) is 19.7. The number of aliphatic carboxylic acids is 2. The number of nitrogens with one attached hydrogen (secondary N) is 1. The highest BCUT2D eigenvalue weighted by Gasteiger charge is 2.54. The number of thioether (sulfide) groups is 2. The SMILES string of the molecule is COCc1cc(C(N)C(=O)NC2C(=O)N3C(C(=O)O)=C(CSc4nnnn4C)CSC23)ccc1O.O=C(O)C(F)(F)F. The van der Waals surface area contributed by atoms with E-state index in [2.05, 4.69) is 20.8 Å². The Morgan fingerprint density at radius 1 is 1.31 bits per heavy atom. The second-order valence-electron chi connectivity index (χ2n) is 8.63. The third-order valence-electron chi connectivity index (χ3n) is 5.79. The van der Waals surface area contributed by atoms with Gasteiger partial charge < -0.3 is 31.1 Å². The zero-order valence-electron chi connectivity index (χ0n) is 21.7. The molecule has 0 radical (unpaired) electrons. The molecule has 3 atom stereocenters. The number of hydrogen-bond acceptors (Lipinski definition) is 12. The molecule has 1 aromatic heterocycles. The molecule has 2 aromatic rings. The van der Waals surface area contributed by atoms with Crippen LogP contribution in [-0.2, 0) is 37.6 Å². The summed E-state index contributed by atoms with van der Waals surface area (Å²) in [5.74, 6) is -4.40.